The highest BCUT2D eigenvalue weighted by Gasteiger charge is 2.01. The summed E-state index contributed by atoms with van der Waals surface area (Å²) in [5.41, 5.74) is 2.26. The minimum Gasteiger partial charge on any atom is -0.261 e. The molecule has 1 heterocycles. The summed E-state index contributed by atoms with van der Waals surface area (Å²) in [5, 5.41) is 1.43. The van der Waals surface area contributed by atoms with Gasteiger partial charge in [0.15, 0.2) is 0 Å². The van der Waals surface area contributed by atoms with Crippen LogP contribution in [-0.4, -0.2) is 10.7 Å². The molecule has 1 aromatic heterocycles. The van der Waals surface area contributed by atoms with Gasteiger partial charge < -0.3 is 0 Å². The molecule has 0 aliphatic carbocycles. The minimum atomic E-state index is 0.683. The highest BCUT2D eigenvalue weighted by atomic mass is 35.5. The number of pyridine rings is 1. The quantitative estimate of drug-likeness (QED) is 0.731. The van der Waals surface area contributed by atoms with Crippen molar-refractivity contribution >= 4 is 35.0 Å². The standard InChI is InChI=1S/C14H13Cl2NS/c15-12-5-4-11(14(16)9-12)10-18-8-6-13-3-1-2-7-17-13/h1-5,7,9H,6,8,10H2. The first-order chi connectivity index (χ1) is 8.75. The molecule has 0 aliphatic heterocycles. The van der Waals surface area contributed by atoms with E-state index in [1.54, 1.807) is 6.07 Å². The van der Waals surface area contributed by atoms with E-state index in [1.165, 1.54) is 0 Å². The minimum absolute atomic E-state index is 0.683. The van der Waals surface area contributed by atoms with Crippen molar-refractivity contribution in [2.24, 2.45) is 0 Å². The van der Waals surface area contributed by atoms with Gasteiger partial charge in [-0.3, -0.25) is 4.98 Å². The van der Waals surface area contributed by atoms with Crippen molar-refractivity contribution in [2.75, 3.05) is 5.75 Å². The van der Waals surface area contributed by atoms with Crippen molar-refractivity contribution in [3.05, 3.63) is 63.9 Å². The highest BCUT2D eigenvalue weighted by molar-refractivity contribution is 7.98. The van der Waals surface area contributed by atoms with E-state index in [1.807, 2.05) is 42.2 Å². The van der Waals surface area contributed by atoms with Gasteiger partial charge in [0.25, 0.3) is 0 Å². The van der Waals surface area contributed by atoms with E-state index in [9.17, 15) is 0 Å². The molecule has 0 saturated heterocycles. The van der Waals surface area contributed by atoms with Crippen LogP contribution in [0.2, 0.25) is 10.0 Å². The van der Waals surface area contributed by atoms with Gasteiger partial charge >= 0.3 is 0 Å². The maximum Gasteiger partial charge on any atom is 0.0461 e. The zero-order valence-electron chi connectivity index (χ0n) is 9.77. The van der Waals surface area contributed by atoms with E-state index in [0.29, 0.717) is 5.02 Å². The van der Waals surface area contributed by atoms with Crippen molar-refractivity contribution in [2.45, 2.75) is 12.2 Å². The van der Waals surface area contributed by atoms with Crippen molar-refractivity contribution in [3.8, 4) is 0 Å². The fourth-order valence-corrected chi connectivity index (χ4v) is 3.07. The summed E-state index contributed by atoms with van der Waals surface area (Å²) in [5.74, 6) is 1.94. The molecule has 0 unspecified atom stereocenters. The predicted molar refractivity (Wildman–Crippen MR) is 80.6 cm³/mol. The Bertz CT molecular complexity index is 502. The zero-order chi connectivity index (χ0) is 12.8. The lowest BCUT2D eigenvalue weighted by atomic mass is 10.2. The van der Waals surface area contributed by atoms with E-state index < -0.39 is 0 Å². The first-order valence-corrected chi connectivity index (χ1v) is 7.58. The summed E-state index contributed by atoms with van der Waals surface area (Å²) >= 11 is 13.8. The number of rotatable bonds is 5. The van der Waals surface area contributed by atoms with Gasteiger partial charge in [-0.05, 0) is 42.0 Å². The maximum atomic E-state index is 6.12. The van der Waals surface area contributed by atoms with E-state index in [4.69, 9.17) is 23.2 Å². The normalized spacial score (nSPS) is 10.6. The van der Waals surface area contributed by atoms with Gasteiger partial charge in [0.2, 0.25) is 0 Å². The third-order valence-corrected chi connectivity index (χ3v) is 4.10. The van der Waals surface area contributed by atoms with Gasteiger partial charge in [-0.25, -0.2) is 0 Å². The molecule has 94 valence electrons. The van der Waals surface area contributed by atoms with Gasteiger partial charge in [0, 0.05) is 27.7 Å². The number of aromatic nitrogens is 1. The van der Waals surface area contributed by atoms with E-state index in [2.05, 4.69) is 11.1 Å². The summed E-state index contributed by atoms with van der Waals surface area (Å²) in [6.45, 7) is 0. The lowest BCUT2D eigenvalue weighted by molar-refractivity contribution is 1.05. The van der Waals surface area contributed by atoms with Crippen LogP contribution >= 0.6 is 35.0 Å². The molecule has 2 aromatic rings. The van der Waals surface area contributed by atoms with E-state index >= 15 is 0 Å². The van der Waals surface area contributed by atoms with Gasteiger partial charge in [-0.2, -0.15) is 11.8 Å². The molecular weight excluding hydrogens is 285 g/mol. The Morgan fingerprint density at radius 3 is 2.72 bits per heavy atom. The Labute approximate surface area is 122 Å². The molecule has 18 heavy (non-hydrogen) atoms. The molecule has 0 bridgehead atoms. The Balaban J connectivity index is 1.79. The van der Waals surface area contributed by atoms with Gasteiger partial charge in [0.05, 0.1) is 0 Å². The number of hydrogen-bond donors (Lipinski definition) is 0. The molecule has 2 rings (SSSR count). The molecular formula is C14H13Cl2NS. The van der Waals surface area contributed by atoms with Gasteiger partial charge in [0.1, 0.15) is 0 Å². The molecule has 0 saturated carbocycles. The number of aryl methyl sites for hydroxylation is 1. The van der Waals surface area contributed by atoms with Crippen LogP contribution in [0.4, 0.5) is 0 Å². The molecule has 0 atom stereocenters. The monoisotopic (exact) mass is 297 g/mol. The number of halogens is 2. The summed E-state index contributed by atoms with van der Waals surface area (Å²) in [4.78, 5) is 4.30. The molecule has 0 fully saturated rings. The van der Waals surface area contributed by atoms with Crippen molar-refractivity contribution < 1.29 is 0 Å². The summed E-state index contributed by atoms with van der Waals surface area (Å²) < 4.78 is 0. The number of nitrogens with zero attached hydrogens (tertiary/aromatic N) is 1. The van der Waals surface area contributed by atoms with Crippen molar-refractivity contribution in [1.29, 1.82) is 0 Å². The number of hydrogen-bond acceptors (Lipinski definition) is 2. The summed E-state index contributed by atoms with van der Waals surface area (Å²) in [6, 6.07) is 11.7. The van der Waals surface area contributed by atoms with Crippen LogP contribution in [0.15, 0.2) is 42.6 Å². The Morgan fingerprint density at radius 2 is 2.00 bits per heavy atom. The predicted octanol–water partition coefficient (Wildman–Crippen LogP) is 4.86. The molecule has 1 aromatic carbocycles. The van der Waals surface area contributed by atoms with Crippen LogP contribution in [0.1, 0.15) is 11.3 Å². The molecule has 0 spiro atoms. The van der Waals surface area contributed by atoms with Crippen LogP contribution in [0.25, 0.3) is 0 Å². The van der Waals surface area contributed by atoms with E-state index in [-0.39, 0.29) is 0 Å². The topological polar surface area (TPSA) is 12.9 Å². The first-order valence-electron chi connectivity index (χ1n) is 5.67. The second-order valence-corrected chi connectivity index (χ2v) is 5.81. The smallest absolute Gasteiger partial charge is 0.0461 e. The Morgan fingerprint density at radius 1 is 1.11 bits per heavy atom. The summed E-state index contributed by atoms with van der Waals surface area (Å²) in [6.07, 6.45) is 2.81. The lowest BCUT2D eigenvalue weighted by Crippen LogP contribution is -1.92. The maximum absolute atomic E-state index is 6.12. The molecule has 0 N–H and O–H groups in total. The average Bonchev–Trinajstić information content (AvgIpc) is 2.38. The average molecular weight is 298 g/mol. The molecule has 4 heteroatoms. The second-order valence-electron chi connectivity index (χ2n) is 3.86. The highest BCUT2D eigenvalue weighted by Crippen LogP contribution is 2.24. The van der Waals surface area contributed by atoms with Crippen LogP contribution in [0.5, 0.6) is 0 Å². The van der Waals surface area contributed by atoms with Crippen LogP contribution < -0.4 is 0 Å². The molecule has 0 aliphatic rings. The number of benzene rings is 1. The fraction of sp³-hybridized carbons (Fsp3) is 0.214. The molecule has 0 amide bonds. The van der Waals surface area contributed by atoms with Crippen LogP contribution in [-0.2, 0) is 12.2 Å². The summed E-state index contributed by atoms with van der Waals surface area (Å²) in [7, 11) is 0. The zero-order valence-corrected chi connectivity index (χ0v) is 12.1. The number of thioether (sulfide) groups is 1. The molecule has 1 nitrogen and oxygen atoms in total. The lowest BCUT2D eigenvalue weighted by Gasteiger charge is -2.04. The fourth-order valence-electron chi connectivity index (χ4n) is 1.54. The van der Waals surface area contributed by atoms with Crippen LogP contribution in [0, 0.1) is 0 Å². The first kappa shape index (κ1) is 13.7. The van der Waals surface area contributed by atoms with Crippen LogP contribution in [0.3, 0.4) is 0 Å². The van der Waals surface area contributed by atoms with Crippen molar-refractivity contribution in [1.82, 2.24) is 4.98 Å². The van der Waals surface area contributed by atoms with Gasteiger partial charge in [-0.15, -0.1) is 0 Å². The Kier molecular flexibility index (Phi) is 5.36. The SMILES string of the molecule is Clc1ccc(CSCCc2ccccn2)c(Cl)c1. The second kappa shape index (κ2) is 7.03. The third-order valence-electron chi connectivity index (χ3n) is 2.50. The molecule has 0 radical (unpaired) electrons. The van der Waals surface area contributed by atoms with Gasteiger partial charge in [-0.1, -0.05) is 35.3 Å². The largest absolute Gasteiger partial charge is 0.261 e. The third kappa shape index (κ3) is 4.20. The van der Waals surface area contributed by atoms with Crippen molar-refractivity contribution in [3.63, 3.8) is 0 Å². The van der Waals surface area contributed by atoms with E-state index in [0.717, 1.165) is 34.2 Å². The Hall–Kier alpha value is -0.700.